The smallest absolute Gasteiger partial charge is 0.342 e. The van der Waals surface area contributed by atoms with Gasteiger partial charge in [0.25, 0.3) is 0 Å². The van der Waals surface area contributed by atoms with E-state index < -0.39 is 0 Å². The van der Waals surface area contributed by atoms with Crippen molar-refractivity contribution in [1.82, 2.24) is 19.2 Å². The van der Waals surface area contributed by atoms with Crippen molar-refractivity contribution in [3.05, 3.63) is 28.0 Å². The minimum atomic E-state index is -0.109. The molecule has 6 nitrogen and oxygen atoms in total. The van der Waals surface area contributed by atoms with Gasteiger partial charge in [-0.2, -0.15) is 5.10 Å². The second-order valence-electron chi connectivity index (χ2n) is 7.35. The Morgan fingerprint density at radius 2 is 2.16 bits per heavy atom. The number of rotatable bonds is 6. The molecule has 0 unspecified atom stereocenters. The van der Waals surface area contributed by atoms with Crippen molar-refractivity contribution in [2.24, 2.45) is 13.0 Å². The molecule has 1 aliphatic carbocycles. The maximum Gasteiger partial charge on any atom is 0.345 e. The predicted octanol–water partition coefficient (Wildman–Crippen LogP) is 2.27. The summed E-state index contributed by atoms with van der Waals surface area (Å²) >= 11 is 0. The highest BCUT2D eigenvalue weighted by Gasteiger charge is 2.30. The Morgan fingerprint density at radius 1 is 1.32 bits per heavy atom. The van der Waals surface area contributed by atoms with Gasteiger partial charge in [-0.25, -0.2) is 9.48 Å². The third-order valence-corrected chi connectivity index (χ3v) is 5.45. The van der Waals surface area contributed by atoms with E-state index in [1.165, 1.54) is 35.9 Å². The Balaban J connectivity index is 1.65. The van der Waals surface area contributed by atoms with Gasteiger partial charge in [0.05, 0.1) is 5.92 Å². The summed E-state index contributed by atoms with van der Waals surface area (Å²) in [5.41, 5.74) is 1.40. The number of carbonyl (C=O) groups is 1. The van der Waals surface area contributed by atoms with Gasteiger partial charge in [-0.15, -0.1) is 0 Å². The first-order chi connectivity index (χ1) is 12.1. The SMILES string of the molecule is CCCN(CCC1=CCCCC1)C(=O)[C@H]1CCc2nn(C)c(=O)n2C1. The molecule has 1 aromatic heterocycles. The lowest BCUT2D eigenvalue weighted by Crippen LogP contribution is -2.42. The van der Waals surface area contributed by atoms with Gasteiger partial charge in [-0.3, -0.25) is 9.36 Å². The molecule has 2 aliphatic rings. The number of hydrogen-bond donors (Lipinski definition) is 0. The highest BCUT2D eigenvalue weighted by Crippen LogP contribution is 2.23. The van der Waals surface area contributed by atoms with Crippen molar-refractivity contribution in [2.75, 3.05) is 13.1 Å². The number of allylic oxidation sites excluding steroid dienone is 1. The standard InChI is InChI=1S/C19H30N4O2/c1-3-12-22(13-11-15-7-5-4-6-8-15)18(24)16-9-10-17-20-21(2)19(25)23(17)14-16/h7,16H,3-6,8-14H2,1-2H3/t16-/m0/s1. The molecule has 0 N–H and O–H groups in total. The molecule has 0 bridgehead atoms. The van der Waals surface area contributed by atoms with E-state index in [9.17, 15) is 9.59 Å². The molecule has 2 heterocycles. The van der Waals surface area contributed by atoms with Crippen molar-refractivity contribution in [3.63, 3.8) is 0 Å². The van der Waals surface area contributed by atoms with E-state index in [0.717, 1.165) is 38.2 Å². The number of aromatic nitrogens is 3. The molecule has 6 heteroatoms. The van der Waals surface area contributed by atoms with Crippen molar-refractivity contribution in [3.8, 4) is 0 Å². The van der Waals surface area contributed by atoms with Gasteiger partial charge in [-0.05, 0) is 44.9 Å². The van der Waals surface area contributed by atoms with E-state index in [0.29, 0.717) is 13.0 Å². The molecule has 0 saturated carbocycles. The third-order valence-electron chi connectivity index (χ3n) is 5.45. The van der Waals surface area contributed by atoms with Gasteiger partial charge >= 0.3 is 5.69 Å². The normalized spacial score (nSPS) is 20.1. The number of carbonyl (C=O) groups excluding carboxylic acids is 1. The maximum absolute atomic E-state index is 13.1. The fraction of sp³-hybridized carbons (Fsp3) is 0.737. The molecular weight excluding hydrogens is 316 g/mol. The van der Waals surface area contributed by atoms with Crippen LogP contribution >= 0.6 is 0 Å². The first-order valence-electron chi connectivity index (χ1n) is 9.69. The number of hydrogen-bond acceptors (Lipinski definition) is 3. The Hall–Kier alpha value is -1.85. The summed E-state index contributed by atoms with van der Waals surface area (Å²) in [7, 11) is 1.67. The summed E-state index contributed by atoms with van der Waals surface area (Å²) in [6.07, 6.45) is 10.8. The molecule has 0 aromatic carbocycles. The highest BCUT2D eigenvalue weighted by atomic mass is 16.2. The molecule has 0 spiro atoms. The fourth-order valence-corrected chi connectivity index (χ4v) is 4.01. The number of amides is 1. The van der Waals surface area contributed by atoms with Crippen LogP contribution in [0, 0.1) is 5.92 Å². The zero-order valence-corrected chi connectivity index (χ0v) is 15.5. The molecule has 1 aliphatic heterocycles. The van der Waals surface area contributed by atoms with Crippen molar-refractivity contribution in [2.45, 2.75) is 64.8 Å². The molecule has 25 heavy (non-hydrogen) atoms. The van der Waals surface area contributed by atoms with Gasteiger partial charge in [0.2, 0.25) is 5.91 Å². The number of aryl methyl sites for hydroxylation is 2. The van der Waals surface area contributed by atoms with Crippen LogP contribution in [0.15, 0.2) is 16.4 Å². The van der Waals surface area contributed by atoms with E-state index in [1.807, 2.05) is 4.90 Å². The lowest BCUT2D eigenvalue weighted by atomic mass is 9.95. The van der Waals surface area contributed by atoms with Crippen LogP contribution in [-0.2, 0) is 24.8 Å². The van der Waals surface area contributed by atoms with Crippen LogP contribution in [0.4, 0.5) is 0 Å². The van der Waals surface area contributed by atoms with Crippen LogP contribution in [0.25, 0.3) is 0 Å². The van der Waals surface area contributed by atoms with Crippen LogP contribution in [-0.4, -0.2) is 38.2 Å². The first kappa shape index (κ1) is 18.0. The van der Waals surface area contributed by atoms with E-state index in [4.69, 9.17) is 0 Å². The van der Waals surface area contributed by atoms with Crippen LogP contribution in [0.3, 0.4) is 0 Å². The summed E-state index contributed by atoms with van der Waals surface area (Å²) in [4.78, 5) is 27.2. The molecule has 138 valence electrons. The fourth-order valence-electron chi connectivity index (χ4n) is 4.01. The van der Waals surface area contributed by atoms with Gasteiger partial charge in [0.15, 0.2) is 0 Å². The van der Waals surface area contributed by atoms with Crippen molar-refractivity contribution >= 4 is 5.91 Å². The monoisotopic (exact) mass is 346 g/mol. The van der Waals surface area contributed by atoms with E-state index >= 15 is 0 Å². The molecule has 0 saturated heterocycles. The summed E-state index contributed by atoms with van der Waals surface area (Å²) in [5.74, 6) is 0.923. The van der Waals surface area contributed by atoms with E-state index in [-0.39, 0.29) is 17.5 Å². The minimum absolute atomic E-state index is 0.0960. The van der Waals surface area contributed by atoms with E-state index in [1.54, 1.807) is 11.6 Å². The summed E-state index contributed by atoms with van der Waals surface area (Å²) in [5, 5.41) is 4.26. The maximum atomic E-state index is 13.1. The molecule has 0 fully saturated rings. The third kappa shape index (κ3) is 4.05. The highest BCUT2D eigenvalue weighted by molar-refractivity contribution is 5.79. The Morgan fingerprint density at radius 3 is 2.88 bits per heavy atom. The minimum Gasteiger partial charge on any atom is -0.342 e. The number of nitrogens with zero attached hydrogens (tertiary/aromatic N) is 4. The van der Waals surface area contributed by atoms with Crippen LogP contribution in [0.5, 0.6) is 0 Å². The second-order valence-corrected chi connectivity index (χ2v) is 7.35. The zero-order valence-electron chi connectivity index (χ0n) is 15.5. The Bertz CT molecular complexity index is 701. The summed E-state index contributed by atoms with van der Waals surface area (Å²) in [6, 6.07) is 0. The average molecular weight is 346 g/mol. The largest absolute Gasteiger partial charge is 0.345 e. The molecule has 0 radical (unpaired) electrons. The van der Waals surface area contributed by atoms with Crippen LogP contribution < -0.4 is 5.69 Å². The van der Waals surface area contributed by atoms with E-state index in [2.05, 4.69) is 18.1 Å². The zero-order chi connectivity index (χ0) is 17.8. The molecule has 3 rings (SSSR count). The quantitative estimate of drug-likeness (QED) is 0.743. The Kier molecular flexibility index (Phi) is 5.76. The lowest BCUT2D eigenvalue weighted by Gasteiger charge is -2.30. The van der Waals surface area contributed by atoms with Crippen molar-refractivity contribution in [1.29, 1.82) is 0 Å². The average Bonchev–Trinajstić information content (AvgIpc) is 2.92. The summed E-state index contributed by atoms with van der Waals surface area (Å²) in [6.45, 7) is 4.20. The van der Waals surface area contributed by atoms with Gasteiger partial charge in [0, 0.05) is 33.1 Å². The summed E-state index contributed by atoms with van der Waals surface area (Å²) < 4.78 is 3.06. The first-order valence-corrected chi connectivity index (χ1v) is 9.69. The number of fused-ring (bicyclic) bond motifs is 1. The van der Waals surface area contributed by atoms with Gasteiger partial charge in [0.1, 0.15) is 5.82 Å². The molecule has 1 atom stereocenters. The molecule has 1 amide bonds. The van der Waals surface area contributed by atoms with Crippen molar-refractivity contribution < 1.29 is 4.79 Å². The van der Waals surface area contributed by atoms with Crippen LogP contribution in [0.2, 0.25) is 0 Å². The molecule has 1 aromatic rings. The van der Waals surface area contributed by atoms with Gasteiger partial charge < -0.3 is 4.90 Å². The lowest BCUT2D eigenvalue weighted by molar-refractivity contribution is -0.136. The predicted molar refractivity (Wildman–Crippen MR) is 97.3 cm³/mol. The second kappa shape index (κ2) is 8.02. The molecular formula is C19H30N4O2. The van der Waals surface area contributed by atoms with Crippen LogP contribution in [0.1, 0.15) is 57.7 Å². The van der Waals surface area contributed by atoms with Gasteiger partial charge in [-0.1, -0.05) is 18.6 Å². The Labute approximate surface area is 149 Å². The topological polar surface area (TPSA) is 60.1 Å².